The van der Waals surface area contributed by atoms with Crippen molar-refractivity contribution in [2.45, 2.75) is 341 Å². The highest BCUT2D eigenvalue weighted by molar-refractivity contribution is 7.45. The van der Waals surface area contributed by atoms with E-state index in [-0.39, 0.29) is 19.1 Å². The first-order valence-corrected chi connectivity index (χ1v) is 33.0. The van der Waals surface area contributed by atoms with Gasteiger partial charge >= 0.3 is 0 Å². The van der Waals surface area contributed by atoms with E-state index in [4.69, 9.17) is 9.05 Å². The van der Waals surface area contributed by atoms with E-state index in [1.54, 1.807) is 6.08 Å². The Balaban J connectivity index is 4.05. The predicted molar refractivity (Wildman–Crippen MR) is 307 cm³/mol. The molecule has 0 aromatic rings. The molecular formula is C62H125N2O6P. The number of quaternary nitrogens is 1. The van der Waals surface area contributed by atoms with Crippen LogP contribution in [0.5, 0.6) is 0 Å². The fourth-order valence-electron chi connectivity index (χ4n) is 9.81. The Labute approximate surface area is 443 Å². The number of hydrogen-bond donors (Lipinski definition) is 2. The number of unbranched alkanes of at least 4 members (excludes halogenated alkanes) is 46. The second kappa shape index (κ2) is 54.0. The standard InChI is InChI=1S/C62H125N2O6P/c1-6-8-10-12-14-16-18-20-22-24-26-27-28-29-30-31-32-33-34-35-36-38-40-42-44-46-48-50-52-54-56-62(66)63-60(59-70-71(67,68)69-58-57-64(3,4)5)61(65)55-53-51-49-47-45-43-41-39-37-25-23-21-19-17-15-13-11-9-7-2/h53,55,60-61,65H,6-52,54,56-59H2,1-5H3,(H-,63,66,67,68)/b55-53+. The van der Waals surface area contributed by atoms with E-state index in [9.17, 15) is 19.4 Å². The van der Waals surface area contributed by atoms with Crippen LogP contribution in [0.4, 0.5) is 0 Å². The van der Waals surface area contributed by atoms with Crippen LogP contribution in [0.1, 0.15) is 328 Å². The third kappa shape index (κ3) is 56.8. The Morgan fingerprint density at radius 1 is 0.479 bits per heavy atom. The summed E-state index contributed by atoms with van der Waals surface area (Å²) < 4.78 is 23.4. The van der Waals surface area contributed by atoms with Gasteiger partial charge in [-0.2, -0.15) is 0 Å². The second-order valence-electron chi connectivity index (χ2n) is 23.1. The first-order valence-electron chi connectivity index (χ1n) is 31.6. The van der Waals surface area contributed by atoms with Crippen LogP contribution in [0.2, 0.25) is 0 Å². The van der Waals surface area contributed by atoms with Crippen LogP contribution in [0.3, 0.4) is 0 Å². The number of aliphatic hydroxyl groups is 1. The Bertz CT molecular complexity index is 1160. The first-order chi connectivity index (χ1) is 34.5. The topological polar surface area (TPSA) is 108 Å². The molecule has 0 heterocycles. The van der Waals surface area contributed by atoms with Gasteiger partial charge in [0.05, 0.1) is 39.9 Å². The van der Waals surface area contributed by atoms with Crippen LogP contribution in [0.15, 0.2) is 12.2 Å². The van der Waals surface area contributed by atoms with Crippen molar-refractivity contribution in [3.63, 3.8) is 0 Å². The van der Waals surface area contributed by atoms with Gasteiger partial charge in [-0.25, -0.2) is 0 Å². The fourth-order valence-corrected chi connectivity index (χ4v) is 10.5. The lowest BCUT2D eigenvalue weighted by atomic mass is 10.0. The minimum Gasteiger partial charge on any atom is -0.756 e. The maximum atomic E-state index is 13.0. The SMILES string of the molecule is CCCCCCCCCCCCCCCCCCC/C=C/C(O)C(COP(=O)([O-])OCC[N+](C)(C)C)NC(=O)CCCCCCCCCCCCCCCCCCCCCCCCCCCCCCCC. The van der Waals surface area contributed by atoms with Crippen molar-refractivity contribution in [2.75, 3.05) is 40.9 Å². The molecule has 8 nitrogen and oxygen atoms in total. The molecular weight excluding hydrogens is 900 g/mol. The Hall–Kier alpha value is -0.760. The van der Waals surface area contributed by atoms with Gasteiger partial charge in [0.2, 0.25) is 5.91 Å². The summed E-state index contributed by atoms with van der Waals surface area (Å²) in [5.74, 6) is -0.189. The van der Waals surface area contributed by atoms with Gasteiger partial charge in [0.15, 0.2) is 0 Å². The summed E-state index contributed by atoms with van der Waals surface area (Å²) in [7, 11) is 1.28. The molecule has 0 rings (SSSR count). The van der Waals surface area contributed by atoms with E-state index in [2.05, 4.69) is 19.2 Å². The molecule has 0 bridgehead atoms. The summed E-state index contributed by atoms with van der Waals surface area (Å²) >= 11 is 0. The Morgan fingerprint density at radius 3 is 1.06 bits per heavy atom. The average Bonchev–Trinajstić information content (AvgIpc) is 3.33. The van der Waals surface area contributed by atoms with Gasteiger partial charge < -0.3 is 28.8 Å². The smallest absolute Gasteiger partial charge is 0.268 e. The highest BCUT2D eigenvalue weighted by Gasteiger charge is 2.23. The quantitative estimate of drug-likeness (QED) is 0.0272. The molecule has 0 saturated heterocycles. The van der Waals surface area contributed by atoms with Gasteiger partial charge in [-0.15, -0.1) is 0 Å². The van der Waals surface area contributed by atoms with Crippen LogP contribution in [0.25, 0.3) is 0 Å². The number of allylic oxidation sites excluding steroid dienone is 1. The van der Waals surface area contributed by atoms with Gasteiger partial charge in [-0.05, 0) is 19.3 Å². The zero-order valence-corrected chi connectivity index (χ0v) is 49.4. The average molecular weight is 1030 g/mol. The molecule has 9 heteroatoms. The minimum absolute atomic E-state index is 0.00278. The fraction of sp³-hybridized carbons (Fsp3) is 0.952. The molecule has 0 aliphatic heterocycles. The maximum Gasteiger partial charge on any atom is 0.268 e. The van der Waals surface area contributed by atoms with E-state index in [0.717, 1.165) is 38.5 Å². The summed E-state index contributed by atoms with van der Waals surface area (Å²) in [6.07, 6.45) is 67.4. The van der Waals surface area contributed by atoms with Gasteiger partial charge in [-0.1, -0.05) is 315 Å². The van der Waals surface area contributed by atoms with Crippen molar-refractivity contribution < 1.29 is 32.9 Å². The van der Waals surface area contributed by atoms with E-state index in [1.165, 1.54) is 270 Å². The van der Waals surface area contributed by atoms with Gasteiger partial charge in [-0.3, -0.25) is 9.36 Å². The van der Waals surface area contributed by atoms with E-state index in [0.29, 0.717) is 17.4 Å². The predicted octanol–water partition coefficient (Wildman–Crippen LogP) is 18.8. The first kappa shape index (κ1) is 70.2. The lowest BCUT2D eigenvalue weighted by molar-refractivity contribution is -0.870. The molecule has 3 unspecified atom stereocenters. The molecule has 0 fully saturated rings. The molecule has 0 saturated carbocycles. The number of amides is 1. The number of phosphoric acid groups is 1. The second-order valence-corrected chi connectivity index (χ2v) is 24.5. The summed E-state index contributed by atoms with van der Waals surface area (Å²) in [6, 6.07) is -0.882. The lowest BCUT2D eigenvalue weighted by Gasteiger charge is -2.29. The monoisotopic (exact) mass is 1020 g/mol. The summed E-state index contributed by atoms with van der Waals surface area (Å²) in [4.78, 5) is 25.5. The third-order valence-corrected chi connectivity index (χ3v) is 15.7. The normalized spacial score (nSPS) is 13.8. The number of nitrogens with zero attached hydrogens (tertiary/aromatic N) is 1. The number of rotatable bonds is 59. The van der Waals surface area contributed by atoms with Gasteiger partial charge in [0.1, 0.15) is 13.2 Å². The highest BCUT2D eigenvalue weighted by Crippen LogP contribution is 2.38. The zero-order valence-electron chi connectivity index (χ0n) is 48.5. The van der Waals surface area contributed by atoms with Crippen molar-refractivity contribution in [1.29, 1.82) is 0 Å². The molecule has 424 valence electrons. The largest absolute Gasteiger partial charge is 0.756 e. The number of nitrogens with one attached hydrogen (secondary N) is 1. The minimum atomic E-state index is -4.59. The molecule has 0 aromatic carbocycles. The van der Waals surface area contributed by atoms with Crippen molar-refractivity contribution >= 4 is 13.7 Å². The Kier molecular flexibility index (Phi) is 53.5. The van der Waals surface area contributed by atoms with E-state index < -0.39 is 20.0 Å². The van der Waals surface area contributed by atoms with Gasteiger partial charge in [0, 0.05) is 6.42 Å². The number of hydrogen-bond acceptors (Lipinski definition) is 6. The number of likely N-dealkylation sites (N-methyl/N-ethyl adjacent to an activating group) is 1. The van der Waals surface area contributed by atoms with Crippen molar-refractivity contribution in [3.8, 4) is 0 Å². The number of phosphoric ester groups is 1. The summed E-state index contributed by atoms with van der Waals surface area (Å²) in [5.41, 5.74) is 0. The van der Waals surface area contributed by atoms with Crippen molar-refractivity contribution in [3.05, 3.63) is 12.2 Å². The molecule has 3 atom stereocenters. The number of carbonyl (C=O) groups excluding carboxylic acids is 1. The molecule has 0 radical (unpaired) electrons. The number of carbonyl (C=O) groups is 1. The molecule has 0 aliphatic carbocycles. The van der Waals surface area contributed by atoms with Crippen LogP contribution in [-0.2, 0) is 18.4 Å². The van der Waals surface area contributed by atoms with Crippen LogP contribution < -0.4 is 10.2 Å². The van der Waals surface area contributed by atoms with Crippen molar-refractivity contribution in [2.24, 2.45) is 0 Å². The molecule has 1 amide bonds. The van der Waals surface area contributed by atoms with Crippen LogP contribution in [-0.4, -0.2) is 68.5 Å². The van der Waals surface area contributed by atoms with E-state index >= 15 is 0 Å². The zero-order chi connectivity index (χ0) is 52.0. The molecule has 71 heavy (non-hydrogen) atoms. The van der Waals surface area contributed by atoms with Gasteiger partial charge in [0.25, 0.3) is 7.82 Å². The number of aliphatic hydroxyl groups excluding tert-OH is 1. The third-order valence-electron chi connectivity index (χ3n) is 14.7. The summed E-state index contributed by atoms with van der Waals surface area (Å²) in [6.45, 7) is 4.71. The van der Waals surface area contributed by atoms with Crippen molar-refractivity contribution in [1.82, 2.24) is 5.32 Å². The molecule has 2 N–H and O–H groups in total. The lowest BCUT2D eigenvalue weighted by Crippen LogP contribution is -2.45. The molecule has 0 spiro atoms. The highest BCUT2D eigenvalue weighted by atomic mass is 31.2. The van der Waals surface area contributed by atoms with E-state index in [1.807, 2.05) is 27.2 Å². The van der Waals surface area contributed by atoms with Crippen LogP contribution >= 0.6 is 7.82 Å². The Morgan fingerprint density at radius 2 is 0.761 bits per heavy atom. The van der Waals surface area contributed by atoms with Crippen LogP contribution in [0, 0.1) is 0 Å². The molecule has 0 aromatic heterocycles. The summed E-state index contributed by atoms with van der Waals surface area (Å²) in [5, 5.41) is 13.9. The maximum absolute atomic E-state index is 13.0. The molecule has 0 aliphatic rings.